The minimum atomic E-state index is 0.131. The number of nitrogens with zero attached hydrogens (tertiary/aromatic N) is 3. The van der Waals surface area contributed by atoms with Gasteiger partial charge < -0.3 is 16.0 Å². The van der Waals surface area contributed by atoms with Crippen LogP contribution in [0.1, 0.15) is 20.3 Å². The lowest BCUT2D eigenvalue weighted by molar-refractivity contribution is -0.130. The number of nitrogens with one attached hydrogen (secondary N) is 1. The maximum Gasteiger partial charge on any atom is 0.224 e. The molecule has 0 aromatic carbocycles. The molecule has 6 heteroatoms. The van der Waals surface area contributed by atoms with Crippen molar-refractivity contribution in [3.8, 4) is 0 Å². The van der Waals surface area contributed by atoms with Crippen LogP contribution in [0.2, 0.25) is 0 Å². The van der Waals surface area contributed by atoms with Crippen LogP contribution in [-0.4, -0.2) is 40.4 Å². The smallest absolute Gasteiger partial charge is 0.224 e. The van der Waals surface area contributed by atoms with E-state index in [1.807, 2.05) is 13.8 Å². The standard InChI is InChI=1S/C11H19N5O/c1-3-16(4-2)10(17)6-8-14-11-13-7-5-9(12)15-11/h5,7H,3-4,6,8H2,1-2H3,(H3,12,13,14,15). The summed E-state index contributed by atoms with van der Waals surface area (Å²) in [6, 6.07) is 1.62. The molecule has 17 heavy (non-hydrogen) atoms. The quantitative estimate of drug-likeness (QED) is 0.762. The van der Waals surface area contributed by atoms with Crippen LogP contribution in [0.5, 0.6) is 0 Å². The highest BCUT2D eigenvalue weighted by Crippen LogP contribution is 2.01. The summed E-state index contributed by atoms with van der Waals surface area (Å²) >= 11 is 0. The highest BCUT2D eigenvalue weighted by molar-refractivity contribution is 5.76. The molecular weight excluding hydrogens is 218 g/mol. The van der Waals surface area contributed by atoms with Gasteiger partial charge in [0.25, 0.3) is 0 Å². The number of carbonyl (C=O) groups is 1. The van der Waals surface area contributed by atoms with Crippen molar-refractivity contribution < 1.29 is 4.79 Å². The van der Waals surface area contributed by atoms with Gasteiger partial charge in [0.1, 0.15) is 5.82 Å². The van der Waals surface area contributed by atoms with Gasteiger partial charge in [0.15, 0.2) is 0 Å². The molecule has 1 amide bonds. The Morgan fingerprint density at radius 1 is 1.47 bits per heavy atom. The summed E-state index contributed by atoms with van der Waals surface area (Å²) in [7, 11) is 0. The number of anilines is 2. The highest BCUT2D eigenvalue weighted by Gasteiger charge is 2.08. The van der Waals surface area contributed by atoms with E-state index >= 15 is 0 Å². The third kappa shape index (κ3) is 4.26. The van der Waals surface area contributed by atoms with Crippen molar-refractivity contribution in [1.29, 1.82) is 0 Å². The van der Waals surface area contributed by atoms with Gasteiger partial charge >= 0.3 is 0 Å². The SMILES string of the molecule is CCN(CC)C(=O)CCNc1nccc(N)n1. The lowest BCUT2D eigenvalue weighted by Gasteiger charge is -2.18. The molecule has 0 saturated carbocycles. The molecule has 0 aliphatic heterocycles. The van der Waals surface area contributed by atoms with Gasteiger partial charge in [-0.3, -0.25) is 4.79 Å². The molecular formula is C11H19N5O. The summed E-state index contributed by atoms with van der Waals surface area (Å²) in [5.74, 6) is 1.00. The third-order valence-electron chi connectivity index (χ3n) is 2.42. The van der Waals surface area contributed by atoms with E-state index in [-0.39, 0.29) is 5.91 Å². The van der Waals surface area contributed by atoms with E-state index in [4.69, 9.17) is 5.73 Å². The second kappa shape index (κ2) is 6.67. The van der Waals surface area contributed by atoms with Gasteiger partial charge in [-0.05, 0) is 19.9 Å². The van der Waals surface area contributed by atoms with Crippen molar-refractivity contribution in [2.75, 3.05) is 30.7 Å². The first-order valence-electron chi connectivity index (χ1n) is 5.77. The van der Waals surface area contributed by atoms with E-state index in [1.165, 1.54) is 0 Å². The Labute approximate surface area is 101 Å². The van der Waals surface area contributed by atoms with Crippen molar-refractivity contribution in [3.05, 3.63) is 12.3 Å². The molecule has 0 fully saturated rings. The second-order valence-electron chi connectivity index (χ2n) is 3.55. The Morgan fingerprint density at radius 3 is 2.76 bits per heavy atom. The molecule has 6 nitrogen and oxygen atoms in total. The molecule has 1 heterocycles. The average molecular weight is 237 g/mol. The van der Waals surface area contributed by atoms with Crippen LogP contribution in [0.4, 0.5) is 11.8 Å². The Hall–Kier alpha value is -1.85. The van der Waals surface area contributed by atoms with Crippen LogP contribution in [0.25, 0.3) is 0 Å². The predicted octanol–water partition coefficient (Wildman–Crippen LogP) is 0.729. The van der Waals surface area contributed by atoms with Crippen LogP contribution in [0.3, 0.4) is 0 Å². The van der Waals surface area contributed by atoms with E-state index in [0.29, 0.717) is 24.7 Å². The number of amides is 1. The molecule has 0 spiro atoms. The summed E-state index contributed by atoms with van der Waals surface area (Å²) in [5, 5.41) is 2.97. The normalized spacial score (nSPS) is 10.0. The predicted molar refractivity (Wildman–Crippen MR) is 67.5 cm³/mol. The molecule has 94 valence electrons. The minimum Gasteiger partial charge on any atom is -0.384 e. The molecule has 0 aliphatic rings. The first-order chi connectivity index (χ1) is 8.17. The molecule has 0 unspecified atom stereocenters. The van der Waals surface area contributed by atoms with E-state index in [1.54, 1.807) is 17.2 Å². The number of hydrogen-bond acceptors (Lipinski definition) is 5. The van der Waals surface area contributed by atoms with Crippen molar-refractivity contribution in [2.45, 2.75) is 20.3 Å². The minimum absolute atomic E-state index is 0.131. The summed E-state index contributed by atoms with van der Waals surface area (Å²) in [6.45, 7) is 5.93. The maximum absolute atomic E-state index is 11.7. The fourth-order valence-electron chi connectivity index (χ4n) is 1.47. The van der Waals surface area contributed by atoms with Gasteiger partial charge in [0.2, 0.25) is 11.9 Å². The van der Waals surface area contributed by atoms with Gasteiger partial charge in [-0.15, -0.1) is 0 Å². The van der Waals surface area contributed by atoms with Gasteiger partial charge in [0.05, 0.1) is 0 Å². The zero-order chi connectivity index (χ0) is 12.7. The Morgan fingerprint density at radius 2 is 2.18 bits per heavy atom. The van der Waals surface area contributed by atoms with Crippen LogP contribution >= 0.6 is 0 Å². The summed E-state index contributed by atoms with van der Waals surface area (Å²) in [5.41, 5.74) is 5.52. The van der Waals surface area contributed by atoms with E-state index in [2.05, 4.69) is 15.3 Å². The van der Waals surface area contributed by atoms with E-state index in [0.717, 1.165) is 13.1 Å². The number of carbonyl (C=O) groups excluding carboxylic acids is 1. The van der Waals surface area contributed by atoms with E-state index < -0.39 is 0 Å². The van der Waals surface area contributed by atoms with Crippen LogP contribution in [0.15, 0.2) is 12.3 Å². The van der Waals surface area contributed by atoms with Gasteiger partial charge in [0, 0.05) is 32.3 Å². The monoisotopic (exact) mass is 237 g/mol. The van der Waals surface area contributed by atoms with Crippen molar-refractivity contribution in [3.63, 3.8) is 0 Å². The number of rotatable bonds is 6. The fraction of sp³-hybridized carbons (Fsp3) is 0.545. The lowest BCUT2D eigenvalue weighted by atomic mass is 10.3. The number of hydrogen-bond donors (Lipinski definition) is 2. The molecule has 0 saturated heterocycles. The summed E-state index contributed by atoms with van der Waals surface area (Å²) < 4.78 is 0. The van der Waals surface area contributed by atoms with Gasteiger partial charge in [-0.25, -0.2) is 4.98 Å². The van der Waals surface area contributed by atoms with Crippen LogP contribution in [0, 0.1) is 0 Å². The lowest BCUT2D eigenvalue weighted by Crippen LogP contribution is -2.31. The topological polar surface area (TPSA) is 84.1 Å². The summed E-state index contributed by atoms with van der Waals surface area (Å²) in [4.78, 5) is 21.5. The van der Waals surface area contributed by atoms with Gasteiger partial charge in [-0.1, -0.05) is 0 Å². The molecule has 1 aromatic heterocycles. The Kier molecular flexibility index (Phi) is 5.19. The number of nitrogen functional groups attached to an aromatic ring is 1. The Bertz CT molecular complexity index is 365. The summed E-state index contributed by atoms with van der Waals surface area (Å²) in [6.07, 6.45) is 2.01. The number of nitrogens with two attached hydrogens (primary N) is 1. The molecule has 0 radical (unpaired) electrons. The zero-order valence-corrected chi connectivity index (χ0v) is 10.3. The van der Waals surface area contributed by atoms with Gasteiger partial charge in [-0.2, -0.15) is 4.98 Å². The van der Waals surface area contributed by atoms with E-state index in [9.17, 15) is 4.79 Å². The van der Waals surface area contributed by atoms with Crippen LogP contribution in [-0.2, 0) is 4.79 Å². The van der Waals surface area contributed by atoms with Crippen molar-refractivity contribution in [2.24, 2.45) is 0 Å². The third-order valence-corrected chi connectivity index (χ3v) is 2.42. The molecule has 0 atom stereocenters. The molecule has 0 aliphatic carbocycles. The fourth-order valence-corrected chi connectivity index (χ4v) is 1.47. The zero-order valence-electron chi connectivity index (χ0n) is 10.3. The maximum atomic E-state index is 11.7. The first-order valence-corrected chi connectivity index (χ1v) is 5.77. The highest BCUT2D eigenvalue weighted by atomic mass is 16.2. The number of aromatic nitrogens is 2. The largest absolute Gasteiger partial charge is 0.384 e. The molecule has 3 N–H and O–H groups in total. The van der Waals surface area contributed by atoms with Crippen molar-refractivity contribution >= 4 is 17.7 Å². The van der Waals surface area contributed by atoms with Crippen LogP contribution < -0.4 is 11.1 Å². The second-order valence-corrected chi connectivity index (χ2v) is 3.55. The molecule has 0 bridgehead atoms. The molecule has 1 rings (SSSR count). The first kappa shape index (κ1) is 13.2. The molecule has 1 aromatic rings. The Balaban J connectivity index is 2.35. The van der Waals surface area contributed by atoms with Crippen molar-refractivity contribution in [1.82, 2.24) is 14.9 Å². The average Bonchev–Trinajstić information content (AvgIpc) is 2.30.